The molecule has 0 aliphatic heterocycles. The fraction of sp³-hybridized carbons (Fsp3) is 0.357. The molecular weight excluding hydrogens is 230 g/mol. The summed E-state index contributed by atoms with van der Waals surface area (Å²) in [5, 5.41) is 4.63. The second-order valence-electron chi connectivity index (χ2n) is 4.70. The molecule has 0 saturated carbocycles. The van der Waals surface area contributed by atoms with Crippen LogP contribution >= 0.6 is 11.3 Å². The molecule has 3 heteroatoms. The van der Waals surface area contributed by atoms with E-state index in [2.05, 4.69) is 17.5 Å². The van der Waals surface area contributed by atoms with Gasteiger partial charge in [0.1, 0.15) is 0 Å². The zero-order chi connectivity index (χ0) is 12.5. The summed E-state index contributed by atoms with van der Waals surface area (Å²) in [4.78, 5) is 12.8. The lowest BCUT2D eigenvalue weighted by molar-refractivity contribution is -0.126. The van der Waals surface area contributed by atoms with Crippen LogP contribution in [0.4, 0.5) is 0 Å². The van der Waals surface area contributed by atoms with E-state index in [1.54, 1.807) is 11.3 Å². The van der Waals surface area contributed by atoms with Gasteiger partial charge in [-0.05, 0) is 29.0 Å². The van der Waals surface area contributed by atoms with E-state index in [0.29, 0.717) is 0 Å². The third-order valence-corrected chi connectivity index (χ3v) is 4.54. The van der Waals surface area contributed by atoms with Crippen LogP contribution in [-0.2, 0) is 11.2 Å². The normalized spacial score (nSPS) is 14.7. The Labute approximate surface area is 105 Å². The second-order valence-corrected chi connectivity index (χ2v) is 5.67. The van der Waals surface area contributed by atoms with Crippen molar-refractivity contribution in [1.29, 1.82) is 0 Å². The molecule has 2 N–H and O–H groups in total. The second kappa shape index (κ2) is 4.49. The molecular formula is C14H17NOS. The van der Waals surface area contributed by atoms with Crippen LogP contribution in [0.15, 0.2) is 29.6 Å². The highest BCUT2D eigenvalue weighted by molar-refractivity contribution is 7.11. The third-order valence-electron chi connectivity index (χ3n) is 3.52. The number of hydrogen-bond acceptors (Lipinski definition) is 2. The van der Waals surface area contributed by atoms with Crippen LogP contribution in [0.1, 0.15) is 25.1 Å². The van der Waals surface area contributed by atoms with E-state index in [1.165, 1.54) is 15.6 Å². The molecule has 1 heterocycles. The van der Waals surface area contributed by atoms with Crippen molar-refractivity contribution in [1.82, 2.24) is 0 Å². The molecule has 0 radical (unpaired) electrons. The highest BCUT2D eigenvalue weighted by Crippen LogP contribution is 2.33. The SMILES string of the molecule is CCC(C)(Cc1scc2ccccc12)C(N)=O. The first kappa shape index (κ1) is 12.1. The van der Waals surface area contributed by atoms with Gasteiger partial charge in [-0.1, -0.05) is 38.1 Å². The lowest BCUT2D eigenvalue weighted by Gasteiger charge is -2.23. The van der Waals surface area contributed by atoms with Gasteiger partial charge in [-0.15, -0.1) is 11.3 Å². The van der Waals surface area contributed by atoms with Crippen molar-refractivity contribution < 1.29 is 4.79 Å². The van der Waals surface area contributed by atoms with Crippen molar-refractivity contribution in [2.45, 2.75) is 26.7 Å². The molecule has 1 atom stereocenters. The third kappa shape index (κ3) is 2.20. The molecule has 90 valence electrons. The van der Waals surface area contributed by atoms with Crippen LogP contribution in [0.25, 0.3) is 10.8 Å². The van der Waals surface area contributed by atoms with Crippen molar-refractivity contribution >= 4 is 28.0 Å². The average Bonchev–Trinajstić information content (AvgIpc) is 2.72. The van der Waals surface area contributed by atoms with E-state index in [9.17, 15) is 4.79 Å². The zero-order valence-corrected chi connectivity index (χ0v) is 11.0. The number of rotatable bonds is 4. The van der Waals surface area contributed by atoms with Crippen molar-refractivity contribution in [2.24, 2.45) is 11.1 Å². The van der Waals surface area contributed by atoms with E-state index in [-0.39, 0.29) is 5.91 Å². The summed E-state index contributed by atoms with van der Waals surface area (Å²) in [6, 6.07) is 8.28. The molecule has 0 spiro atoms. The number of fused-ring (bicyclic) bond motifs is 1. The van der Waals surface area contributed by atoms with Crippen LogP contribution in [0.2, 0.25) is 0 Å². The molecule has 2 nitrogen and oxygen atoms in total. The van der Waals surface area contributed by atoms with Crippen molar-refractivity contribution in [3.05, 3.63) is 34.5 Å². The molecule has 1 aromatic heterocycles. The van der Waals surface area contributed by atoms with E-state index in [0.717, 1.165) is 12.8 Å². The number of thiophene rings is 1. The van der Waals surface area contributed by atoms with Gasteiger partial charge in [0.2, 0.25) is 5.91 Å². The smallest absolute Gasteiger partial charge is 0.223 e. The highest BCUT2D eigenvalue weighted by atomic mass is 32.1. The van der Waals surface area contributed by atoms with E-state index in [1.807, 2.05) is 26.0 Å². The molecule has 0 fully saturated rings. The van der Waals surface area contributed by atoms with Gasteiger partial charge in [-0.2, -0.15) is 0 Å². The van der Waals surface area contributed by atoms with Gasteiger partial charge in [0.05, 0.1) is 5.41 Å². The monoisotopic (exact) mass is 247 g/mol. The minimum absolute atomic E-state index is 0.211. The van der Waals surface area contributed by atoms with Gasteiger partial charge in [0.15, 0.2) is 0 Å². The van der Waals surface area contributed by atoms with Crippen molar-refractivity contribution in [3.63, 3.8) is 0 Å². The summed E-state index contributed by atoms with van der Waals surface area (Å²) in [6.45, 7) is 3.96. The molecule has 17 heavy (non-hydrogen) atoms. The van der Waals surface area contributed by atoms with Gasteiger partial charge in [-0.25, -0.2) is 0 Å². The van der Waals surface area contributed by atoms with Crippen LogP contribution in [0.3, 0.4) is 0 Å². The van der Waals surface area contributed by atoms with Crippen LogP contribution in [0, 0.1) is 5.41 Å². The largest absolute Gasteiger partial charge is 0.369 e. The predicted molar refractivity (Wildman–Crippen MR) is 73.1 cm³/mol. The Balaban J connectivity index is 2.38. The quantitative estimate of drug-likeness (QED) is 0.884. The Morgan fingerprint density at radius 3 is 2.76 bits per heavy atom. The van der Waals surface area contributed by atoms with Gasteiger partial charge in [0, 0.05) is 4.88 Å². The first-order valence-corrected chi connectivity index (χ1v) is 6.70. The Morgan fingerprint density at radius 2 is 2.12 bits per heavy atom. The minimum atomic E-state index is -0.437. The molecule has 0 aliphatic carbocycles. The number of carbonyl (C=O) groups excluding carboxylic acids is 1. The van der Waals surface area contributed by atoms with Crippen molar-refractivity contribution in [2.75, 3.05) is 0 Å². The Hall–Kier alpha value is -1.35. The maximum atomic E-state index is 11.5. The lowest BCUT2D eigenvalue weighted by atomic mass is 9.82. The van der Waals surface area contributed by atoms with Crippen LogP contribution < -0.4 is 5.73 Å². The first-order valence-electron chi connectivity index (χ1n) is 5.82. The summed E-state index contributed by atoms with van der Waals surface area (Å²) in [5.74, 6) is -0.211. The Bertz CT molecular complexity index is 546. The predicted octanol–water partition coefficient (Wildman–Crippen LogP) is 3.35. The fourth-order valence-corrected chi connectivity index (χ4v) is 3.12. The highest BCUT2D eigenvalue weighted by Gasteiger charge is 2.30. The molecule has 0 bridgehead atoms. The van der Waals surface area contributed by atoms with Gasteiger partial charge < -0.3 is 5.73 Å². The molecule has 1 amide bonds. The Kier molecular flexibility index (Phi) is 3.20. The summed E-state index contributed by atoms with van der Waals surface area (Å²) >= 11 is 1.71. The fourth-order valence-electron chi connectivity index (χ4n) is 1.93. The van der Waals surface area contributed by atoms with E-state index < -0.39 is 5.41 Å². The number of amides is 1. The van der Waals surface area contributed by atoms with Gasteiger partial charge in [-0.3, -0.25) is 4.79 Å². The van der Waals surface area contributed by atoms with Gasteiger partial charge in [0.25, 0.3) is 0 Å². The zero-order valence-electron chi connectivity index (χ0n) is 10.2. The van der Waals surface area contributed by atoms with Crippen molar-refractivity contribution in [3.8, 4) is 0 Å². The number of hydrogen-bond donors (Lipinski definition) is 1. The topological polar surface area (TPSA) is 43.1 Å². The maximum absolute atomic E-state index is 11.5. The molecule has 1 unspecified atom stereocenters. The number of benzene rings is 1. The average molecular weight is 247 g/mol. The summed E-state index contributed by atoms with van der Waals surface area (Å²) in [6.07, 6.45) is 1.51. The summed E-state index contributed by atoms with van der Waals surface area (Å²) in [5.41, 5.74) is 5.07. The van der Waals surface area contributed by atoms with E-state index >= 15 is 0 Å². The van der Waals surface area contributed by atoms with Crippen LogP contribution in [-0.4, -0.2) is 5.91 Å². The number of primary amides is 1. The summed E-state index contributed by atoms with van der Waals surface area (Å²) < 4.78 is 0. The number of nitrogens with two attached hydrogens (primary N) is 1. The van der Waals surface area contributed by atoms with Gasteiger partial charge >= 0.3 is 0 Å². The minimum Gasteiger partial charge on any atom is -0.369 e. The Morgan fingerprint density at radius 1 is 1.41 bits per heavy atom. The molecule has 0 aliphatic rings. The molecule has 2 rings (SSSR count). The van der Waals surface area contributed by atoms with Crippen LogP contribution in [0.5, 0.6) is 0 Å². The molecule has 1 aromatic carbocycles. The molecule has 0 saturated heterocycles. The first-order chi connectivity index (χ1) is 8.07. The molecule has 2 aromatic rings. The lowest BCUT2D eigenvalue weighted by Crippen LogP contribution is -2.35. The standard InChI is InChI=1S/C14H17NOS/c1-3-14(2,13(15)16)8-12-11-7-5-4-6-10(11)9-17-12/h4-7,9H,3,8H2,1-2H3,(H2,15,16). The number of carbonyl (C=O) groups is 1. The summed E-state index contributed by atoms with van der Waals surface area (Å²) in [7, 11) is 0. The van der Waals surface area contributed by atoms with E-state index in [4.69, 9.17) is 5.73 Å². The maximum Gasteiger partial charge on any atom is 0.223 e.